The highest BCUT2D eigenvalue weighted by molar-refractivity contribution is 5.77. The van der Waals surface area contributed by atoms with Crippen molar-refractivity contribution >= 4 is 5.91 Å². The predicted octanol–water partition coefficient (Wildman–Crippen LogP) is 2.14. The van der Waals surface area contributed by atoms with Crippen molar-refractivity contribution in [3.8, 4) is 17.6 Å². The zero-order valence-corrected chi connectivity index (χ0v) is 18.9. The number of hydrogen-bond acceptors (Lipinski definition) is 6. The maximum Gasteiger partial charge on any atom is 0.331 e. The van der Waals surface area contributed by atoms with E-state index < -0.39 is 29.7 Å². The molecule has 0 bridgehead atoms. The number of ether oxygens (including phenoxy) is 2. The number of carbonyl (C=O) groups is 1. The first-order chi connectivity index (χ1) is 16.4. The van der Waals surface area contributed by atoms with E-state index in [9.17, 15) is 19.6 Å². The van der Waals surface area contributed by atoms with Crippen LogP contribution < -0.4 is 26.0 Å². The quantitative estimate of drug-likeness (QED) is 0.551. The molecule has 1 saturated carbocycles. The van der Waals surface area contributed by atoms with E-state index in [-0.39, 0.29) is 11.6 Å². The summed E-state index contributed by atoms with van der Waals surface area (Å²) in [6.07, 6.45) is 2.88. The molecule has 1 aliphatic carbocycles. The number of nitriles is 1. The van der Waals surface area contributed by atoms with E-state index in [2.05, 4.69) is 5.32 Å². The summed E-state index contributed by atoms with van der Waals surface area (Å²) in [4.78, 5) is 38.6. The Labute approximate surface area is 195 Å². The zero-order valence-electron chi connectivity index (χ0n) is 18.9. The lowest BCUT2D eigenvalue weighted by atomic mass is 9.98. The van der Waals surface area contributed by atoms with Crippen molar-refractivity contribution in [2.45, 2.75) is 31.5 Å². The molecule has 2 aromatic carbocycles. The zero-order chi connectivity index (χ0) is 24.2. The summed E-state index contributed by atoms with van der Waals surface area (Å²) in [5, 5.41) is 12.2. The highest BCUT2D eigenvalue weighted by atomic mass is 16.5. The van der Waals surface area contributed by atoms with E-state index in [4.69, 9.17) is 9.47 Å². The minimum absolute atomic E-state index is 0.0409. The van der Waals surface area contributed by atoms with Crippen molar-refractivity contribution in [3.05, 3.63) is 92.3 Å². The lowest BCUT2D eigenvalue weighted by Gasteiger charge is -2.21. The van der Waals surface area contributed by atoms with E-state index in [0.717, 1.165) is 28.5 Å². The van der Waals surface area contributed by atoms with Gasteiger partial charge in [0.05, 0.1) is 20.3 Å². The van der Waals surface area contributed by atoms with Crippen LogP contribution in [-0.4, -0.2) is 29.3 Å². The Balaban J connectivity index is 1.66. The SMILES string of the molecule is COc1ccc(C(NC(=O)Cn2c(=O)c(C#N)cn(C3CC3)c2=O)c2ccc(OC)cc2)cc1. The van der Waals surface area contributed by atoms with Crippen LogP contribution in [0.5, 0.6) is 11.5 Å². The van der Waals surface area contributed by atoms with Gasteiger partial charge < -0.3 is 14.8 Å². The number of carbonyl (C=O) groups excluding carboxylic acids is 1. The maximum atomic E-state index is 13.1. The van der Waals surface area contributed by atoms with E-state index in [1.807, 2.05) is 30.3 Å². The monoisotopic (exact) mass is 460 g/mol. The molecule has 1 aliphatic rings. The van der Waals surface area contributed by atoms with Gasteiger partial charge in [0.2, 0.25) is 5.91 Å². The molecule has 1 fully saturated rings. The number of amides is 1. The van der Waals surface area contributed by atoms with Crippen molar-refractivity contribution in [1.82, 2.24) is 14.5 Å². The lowest BCUT2D eigenvalue weighted by molar-refractivity contribution is -0.122. The number of nitrogens with zero attached hydrogens (tertiary/aromatic N) is 3. The standard InChI is InChI=1S/C25H24N4O5/c1-33-20-9-3-16(4-10-20)23(17-5-11-21(34-2)12-6-17)27-22(30)15-29-24(31)18(13-26)14-28(25(29)32)19-7-8-19/h3-6,9-12,14,19,23H,7-8,15H2,1-2H3,(H,27,30). The summed E-state index contributed by atoms with van der Waals surface area (Å²) >= 11 is 0. The summed E-state index contributed by atoms with van der Waals surface area (Å²) in [7, 11) is 3.14. The second-order valence-electron chi connectivity index (χ2n) is 8.01. The molecular weight excluding hydrogens is 436 g/mol. The fourth-order valence-corrected chi connectivity index (χ4v) is 3.75. The van der Waals surface area contributed by atoms with Crippen molar-refractivity contribution < 1.29 is 14.3 Å². The number of nitrogens with one attached hydrogen (secondary N) is 1. The molecule has 1 heterocycles. The molecule has 1 aromatic heterocycles. The van der Waals surface area contributed by atoms with Crippen LogP contribution in [0.1, 0.15) is 41.6 Å². The predicted molar refractivity (Wildman–Crippen MR) is 124 cm³/mol. The molecule has 174 valence electrons. The molecule has 3 aromatic rings. The molecule has 9 heteroatoms. The van der Waals surface area contributed by atoms with Gasteiger partial charge in [-0.2, -0.15) is 5.26 Å². The third kappa shape index (κ3) is 4.71. The van der Waals surface area contributed by atoms with Gasteiger partial charge in [-0.3, -0.25) is 14.2 Å². The Morgan fingerprint density at radius 2 is 1.56 bits per heavy atom. The Bertz CT molecular complexity index is 1300. The molecule has 0 aliphatic heterocycles. The van der Waals surface area contributed by atoms with Crippen LogP contribution in [0.25, 0.3) is 0 Å². The van der Waals surface area contributed by atoms with Gasteiger partial charge in [0.25, 0.3) is 5.56 Å². The van der Waals surface area contributed by atoms with E-state index in [1.165, 1.54) is 10.8 Å². The molecule has 0 spiro atoms. The van der Waals surface area contributed by atoms with Crippen LogP contribution in [-0.2, 0) is 11.3 Å². The minimum atomic E-state index is -0.773. The molecule has 0 unspecified atom stereocenters. The van der Waals surface area contributed by atoms with Crippen molar-refractivity contribution in [2.75, 3.05) is 14.2 Å². The molecule has 0 radical (unpaired) electrons. The van der Waals surface area contributed by atoms with Crippen LogP contribution in [0.4, 0.5) is 0 Å². The number of benzene rings is 2. The van der Waals surface area contributed by atoms with Crippen molar-refractivity contribution in [2.24, 2.45) is 0 Å². The third-order valence-corrected chi connectivity index (χ3v) is 5.76. The lowest BCUT2D eigenvalue weighted by Crippen LogP contribution is -2.45. The van der Waals surface area contributed by atoms with Gasteiger partial charge in [-0.05, 0) is 48.2 Å². The molecule has 9 nitrogen and oxygen atoms in total. The first-order valence-corrected chi connectivity index (χ1v) is 10.8. The van der Waals surface area contributed by atoms with Crippen molar-refractivity contribution in [1.29, 1.82) is 5.26 Å². The largest absolute Gasteiger partial charge is 0.497 e. The third-order valence-electron chi connectivity index (χ3n) is 5.76. The fraction of sp³-hybridized carbons (Fsp3) is 0.280. The Morgan fingerprint density at radius 1 is 1.03 bits per heavy atom. The van der Waals surface area contributed by atoms with Crippen LogP contribution in [0, 0.1) is 11.3 Å². The first kappa shape index (κ1) is 22.9. The number of aromatic nitrogens is 2. The normalized spacial score (nSPS) is 12.8. The molecule has 1 amide bonds. The summed E-state index contributed by atoms with van der Waals surface area (Å²) in [5.74, 6) is 0.807. The Hall–Kier alpha value is -4.32. The topological polar surface area (TPSA) is 115 Å². The second kappa shape index (κ2) is 9.67. The minimum Gasteiger partial charge on any atom is -0.497 e. The smallest absolute Gasteiger partial charge is 0.331 e. The highest BCUT2D eigenvalue weighted by Crippen LogP contribution is 2.33. The van der Waals surface area contributed by atoms with Gasteiger partial charge >= 0.3 is 5.69 Å². The highest BCUT2D eigenvalue weighted by Gasteiger charge is 2.27. The Kier molecular flexibility index (Phi) is 6.50. The second-order valence-corrected chi connectivity index (χ2v) is 8.01. The summed E-state index contributed by atoms with van der Waals surface area (Å²) in [6.45, 7) is -0.497. The fourth-order valence-electron chi connectivity index (χ4n) is 3.75. The average Bonchev–Trinajstić information content (AvgIpc) is 3.71. The van der Waals surface area contributed by atoms with Crippen LogP contribution in [0.2, 0.25) is 0 Å². The maximum absolute atomic E-state index is 13.1. The average molecular weight is 460 g/mol. The molecule has 0 atom stereocenters. The molecule has 1 N–H and O–H groups in total. The first-order valence-electron chi connectivity index (χ1n) is 10.8. The van der Waals surface area contributed by atoms with Gasteiger partial charge in [0.15, 0.2) is 0 Å². The van der Waals surface area contributed by atoms with Gasteiger partial charge in [0, 0.05) is 12.2 Å². The summed E-state index contributed by atoms with van der Waals surface area (Å²) in [6, 6.07) is 15.7. The number of hydrogen-bond donors (Lipinski definition) is 1. The van der Waals surface area contributed by atoms with E-state index >= 15 is 0 Å². The molecule has 34 heavy (non-hydrogen) atoms. The summed E-state index contributed by atoms with van der Waals surface area (Å²) < 4.78 is 12.6. The molecule has 0 saturated heterocycles. The van der Waals surface area contributed by atoms with Gasteiger partial charge in [0.1, 0.15) is 29.7 Å². The number of rotatable bonds is 8. The van der Waals surface area contributed by atoms with Gasteiger partial charge in [-0.1, -0.05) is 24.3 Å². The van der Waals surface area contributed by atoms with Gasteiger partial charge in [-0.15, -0.1) is 0 Å². The number of methoxy groups -OCH3 is 2. The van der Waals surface area contributed by atoms with Crippen LogP contribution in [0.3, 0.4) is 0 Å². The molecular formula is C25H24N4O5. The van der Waals surface area contributed by atoms with Crippen LogP contribution in [0.15, 0.2) is 64.3 Å². The molecule has 4 rings (SSSR count). The van der Waals surface area contributed by atoms with Crippen molar-refractivity contribution in [3.63, 3.8) is 0 Å². The summed E-state index contributed by atoms with van der Waals surface area (Å²) in [5.41, 5.74) is 0.0407. The van der Waals surface area contributed by atoms with Crippen LogP contribution >= 0.6 is 0 Å². The van der Waals surface area contributed by atoms with E-state index in [0.29, 0.717) is 11.5 Å². The van der Waals surface area contributed by atoms with Gasteiger partial charge in [-0.25, -0.2) is 9.36 Å². The Morgan fingerprint density at radius 3 is 2.00 bits per heavy atom. The van der Waals surface area contributed by atoms with E-state index in [1.54, 1.807) is 38.5 Å².